The number of carbonyl (C=O) groups is 1. The van der Waals surface area contributed by atoms with Crippen molar-refractivity contribution in [3.05, 3.63) is 29.8 Å². The van der Waals surface area contributed by atoms with E-state index in [-0.39, 0.29) is 35.5 Å². The van der Waals surface area contributed by atoms with Crippen LogP contribution in [0, 0.1) is 5.41 Å². The zero-order valence-electron chi connectivity index (χ0n) is 14.1. The fourth-order valence-electron chi connectivity index (χ4n) is 1.80. The third-order valence-corrected chi connectivity index (χ3v) is 3.36. The number of alkyl halides is 3. The van der Waals surface area contributed by atoms with Crippen molar-refractivity contribution < 1.29 is 22.7 Å². The Morgan fingerprint density at radius 3 is 2.12 bits per heavy atom. The van der Waals surface area contributed by atoms with Gasteiger partial charge in [0, 0.05) is 0 Å². The Balaban J connectivity index is 0.00000529. The second-order valence-electron chi connectivity index (χ2n) is 6.55. The van der Waals surface area contributed by atoms with Gasteiger partial charge in [0.2, 0.25) is 5.91 Å². The zero-order chi connectivity index (χ0) is 17.8. The van der Waals surface area contributed by atoms with Gasteiger partial charge in [0.25, 0.3) is 0 Å². The largest absolute Gasteiger partial charge is 0.484 e. The van der Waals surface area contributed by atoms with Crippen LogP contribution in [0.1, 0.15) is 39.3 Å². The SMILES string of the molecule is CC(NC(=O)[C@@H](N)C(C)(C)C)c1ccc(OCC(F)(F)F)cc1.Cl. The number of hydrogen-bond acceptors (Lipinski definition) is 3. The second-order valence-corrected chi connectivity index (χ2v) is 6.55. The average molecular weight is 369 g/mol. The highest BCUT2D eigenvalue weighted by atomic mass is 35.5. The van der Waals surface area contributed by atoms with Gasteiger partial charge in [-0.05, 0) is 30.0 Å². The third-order valence-electron chi connectivity index (χ3n) is 3.36. The predicted molar refractivity (Wildman–Crippen MR) is 89.2 cm³/mol. The van der Waals surface area contributed by atoms with E-state index in [1.807, 2.05) is 20.8 Å². The van der Waals surface area contributed by atoms with Gasteiger partial charge in [-0.3, -0.25) is 4.79 Å². The first kappa shape index (κ1) is 22.5. The number of ether oxygens (including phenoxy) is 1. The number of halogens is 4. The number of amides is 1. The molecule has 2 atom stereocenters. The van der Waals surface area contributed by atoms with Gasteiger partial charge in [-0.1, -0.05) is 32.9 Å². The molecular weight excluding hydrogens is 345 g/mol. The van der Waals surface area contributed by atoms with Crippen LogP contribution in [0.25, 0.3) is 0 Å². The van der Waals surface area contributed by atoms with Crippen LogP contribution in [0.5, 0.6) is 5.75 Å². The fourth-order valence-corrected chi connectivity index (χ4v) is 1.80. The lowest BCUT2D eigenvalue weighted by molar-refractivity contribution is -0.153. The first-order valence-corrected chi connectivity index (χ1v) is 7.25. The van der Waals surface area contributed by atoms with Gasteiger partial charge in [0.1, 0.15) is 5.75 Å². The average Bonchev–Trinajstić information content (AvgIpc) is 2.43. The molecule has 0 aliphatic carbocycles. The molecule has 0 heterocycles. The van der Waals surface area contributed by atoms with Crippen LogP contribution in [0.4, 0.5) is 13.2 Å². The number of rotatable bonds is 5. The van der Waals surface area contributed by atoms with Crippen LogP contribution in [-0.2, 0) is 4.79 Å². The van der Waals surface area contributed by atoms with Crippen LogP contribution >= 0.6 is 12.4 Å². The van der Waals surface area contributed by atoms with Crippen molar-refractivity contribution in [2.45, 2.75) is 46.0 Å². The van der Waals surface area contributed by atoms with E-state index >= 15 is 0 Å². The lowest BCUT2D eigenvalue weighted by atomic mass is 9.86. The van der Waals surface area contributed by atoms with Gasteiger partial charge in [-0.25, -0.2) is 0 Å². The maximum absolute atomic E-state index is 12.1. The molecular formula is C16H24ClF3N2O2. The highest BCUT2D eigenvalue weighted by Gasteiger charge is 2.29. The van der Waals surface area contributed by atoms with E-state index in [9.17, 15) is 18.0 Å². The summed E-state index contributed by atoms with van der Waals surface area (Å²) in [4.78, 5) is 12.1. The summed E-state index contributed by atoms with van der Waals surface area (Å²) in [7, 11) is 0. The summed E-state index contributed by atoms with van der Waals surface area (Å²) >= 11 is 0. The Morgan fingerprint density at radius 1 is 1.21 bits per heavy atom. The Kier molecular flexibility index (Phi) is 8.05. The second kappa shape index (κ2) is 8.58. The monoisotopic (exact) mass is 368 g/mol. The molecule has 0 aromatic heterocycles. The molecule has 0 fully saturated rings. The molecule has 0 spiro atoms. The molecule has 24 heavy (non-hydrogen) atoms. The predicted octanol–water partition coefficient (Wildman–Crippen LogP) is 3.60. The molecule has 0 radical (unpaired) electrons. The van der Waals surface area contributed by atoms with E-state index in [1.54, 1.807) is 19.1 Å². The van der Waals surface area contributed by atoms with Crippen molar-refractivity contribution in [2.75, 3.05) is 6.61 Å². The number of carbonyl (C=O) groups excluding carboxylic acids is 1. The van der Waals surface area contributed by atoms with Gasteiger partial charge in [-0.15, -0.1) is 12.4 Å². The number of nitrogens with one attached hydrogen (secondary N) is 1. The summed E-state index contributed by atoms with van der Waals surface area (Å²) in [5.74, 6) is -0.154. The van der Waals surface area contributed by atoms with E-state index < -0.39 is 18.8 Å². The molecule has 1 unspecified atom stereocenters. The van der Waals surface area contributed by atoms with Crippen LogP contribution in [-0.4, -0.2) is 24.7 Å². The number of benzene rings is 1. The molecule has 0 aliphatic rings. The van der Waals surface area contributed by atoms with E-state index in [4.69, 9.17) is 5.73 Å². The molecule has 138 valence electrons. The zero-order valence-corrected chi connectivity index (χ0v) is 14.9. The van der Waals surface area contributed by atoms with Gasteiger partial charge in [0.15, 0.2) is 6.61 Å². The summed E-state index contributed by atoms with van der Waals surface area (Å²) in [6.07, 6.45) is -4.37. The lowest BCUT2D eigenvalue weighted by Crippen LogP contribution is -2.49. The van der Waals surface area contributed by atoms with Crippen LogP contribution in [0.2, 0.25) is 0 Å². The molecule has 1 rings (SSSR count). The quantitative estimate of drug-likeness (QED) is 0.834. The van der Waals surface area contributed by atoms with Crippen molar-refractivity contribution in [1.29, 1.82) is 0 Å². The minimum atomic E-state index is -4.37. The van der Waals surface area contributed by atoms with Gasteiger partial charge in [0.05, 0.1) is 12.1 Å². The number of hydrogen-bond donors (Lipinski definition) is 2. The summed E-state index contributed by atoms with van der Waals surface area (Å²) in [5, 5.41) is 2.79. The molecule has 1 aromatic carbocycles. The van der Waals surface area contributed by atoms with Gasteiger partial charge in [-0.2, -0.15) is 13.2 Å². The molecule has 0 aliphatic heterocycles. The molecule has 0 bridgehead atoms. The maximum Gasteiger partial charge on any atom is 0.422 e. The van der Waals surface area contributed by atoms with Crippen LogP contribution in [0.15, 0.2) is 24.3 Å². The Morgan fingerprint density at radius 2 is 1.71 bits per heavy atom. The Bertz CT molecular complexity index is 528. The normalized spacial score (nSPS) is 14.3. The van der Waals surface area contributed by atoms with E-state index in [0.29, 0.717) is 0 Å². The molecule has 3 N–H and O–H groups in total. The summed E-state index contributed by atoms with van der Waals surface area (Å²) in [5.41, 5.74) is 6.27. The third kappa shape index (κ3) is 7.40. The topological polar surface area (TPSA) is 64.4 Å². The standard InChI is InChI=1S/C16H23F3N2O2.ClH/c1-10(21-14(22)13(20)15(2,3)4)11-5-7-12(8-6-11)23-9-16(17,18)19;/h5-8,10,13H,9,20H2,1-4H3,(H,21,22);1H/t10?,13-;/m1./s1. The van der Waals surface area contributed by atoms with Crippen molar-refractivity contribution in [2.24, 2.45) is 11.1 Å². The highest BCUT2D eigenvalue weighted by molar-refractivity contribution is 5.85. The summed E-state index contributed by atoms with van der Waals surface area (Å²) < 4.78 is 40.9. The minimum absolute atomic E-state index is 0. The van der Waals surface area contributed by atoms with E-state index in [2.05, 4.69) is 10.1 Å². The minimum Gasteiger partial charge on any atom is -0.484 e. The lowest BCUT2D eigenvalue weighted by Gasteiger charge is -2.27. The van der Waals surface area contributed by atoms with Gasteiger partial charge >= 0.3 is 6.18 Å². The number of nitrogens with two attached hydrogens (primary N) is 1. The van der Waals surface area contributed by atoms with E-state index in [0.717, 1.165) is 5.56 Å². The fraction of sp³-hybridized carbons (Fsp3) is 0.562. The molecule has 1 amide bonds. The van der Waals surface area contributed by atoms with Crippen molar-refractivity contribution in [3.63, 3.8) is 0 Å². The Hall–Kier alpha value is -1.47. The molecule has 4 nitrogen and oxygen atoms in total. The first-order chi connectivity index (χ1) is 10.4. The van der Waals surface area contributed by atoms with Crippen LogP contribution < -0.4 is 15.8 Å². The maximum atomic E-state index is 12.1. The molecule has 8 heteroatoms. The summed E-state index contributed by atoms with van der Waals surface area (Å²) in [6.45, 7) is 6.05. The molecule has 1 aromatic rings. The van der Waals surface area contributed by atoms with Crippen molar-refractivity contribution >= 4 is 18.3 Å². The summed E-state index contributed by atoms with van der Waals surface area (Å²) in [6, 6.07) is 5.13. The van der Waals surface area contributed by atoms with Crippen molar-refractivity contribution in [3.8, 4) is 5.75 Å². The molecule has 0 saturated heterocycles. The van der Waals surface area contributed by atoms with E-state index in [1.165, 1.54) is 12.1 Å². The van der Waals surface area contributed by atoms with Crippen molar-refractivity contribution in [1.82, 2.24) is 5.32 Å². The first-order valence-electron chi connectivity index (χ1n) is 7.25. The Labute approximate surface area is 146 Å². The smallest absolute Gasteiger partial charge is 0.422 e. The van der Waals surface area contributed by atoms with Crippen LogP contribution in [0.3, 0.4) is 0 Å². The molecule has 0 saturated carbocycles. The highest BCUT2D eigenvalue weighted by Crippen LogP contribution is 2.22. The van der Waals surface area contributed by atoms with Gasteiger partial charge < -0.3 is 15.8 Å².